The summed E-state index contributed by atoms with van der Waals surface area (Å²) in [6.07, 6.45) is 0. The SMILES string of the molecule is Cc1ccc(S(=O)(=O)N(CC(=O)Nc2ccccc2)Cc2c(F)cccc2Cl)cc1. The van der Waals surface area contributed by atoms with Gasteiger partial charge in [-0.15, -0.1) is 0 Å². The van der Waals surface area contributed by atoms with Gasteiger partial charge in [-0.3, -0.25) is 4.79 Å². The lowest BCUT2D eigenvalue weighted by Gasteiger charge is -2.23. The lowest BCUT2D eigenvalue weighted by molar-refractivity contribution is -0.116. The van der Waals surface area contributed by atoms with Crippen molar-refractivity contribution in [2.75, 3.05) is 11.9 Å². The summed E-state index contributed by atoms with van der Waals surface area (Å²) < 4.78 is 41.7. The first-order chi connectivity index (χ1) is 14.3. The number of rotatable bonds is 7. The maximum Gasteiger partial charge on any atom is 0.243 e. The highest BCUT2D eigenvalue weighted by Crippen LogP contribution is 2.25. The van der Waals surface area contributed by atoms with Crippen molar-refractivity contribution in [1.82, 2.24) is 4.31 Å². The third kappa shape index (κ3) is 5.24. The Morgan fingerprint density at radius 3 is 2.30 bits per heavy atom. The second kappa shape index (κ2) is 9.38. The number of hydrogen-bond acceptors (Lipinski definition) is 3. The van der Waals surface area contributed by atoms with Crippen LogP contribution in [0.2, 0.25) is 5.02 Å². The van der Waals surface area contributed by atoms with Gasteiger partial charge in [0.15, 0.2) is 0 Å². The maximum absolute atomic E-state index is 14.3. The molecule has 3 rings (SSSR count). The van der Waals surface area contributed by atoms with Crippen LogP contribution in [-0.2, 0) is 21.4 Å². The van der Waals surface area contributed by atoms with E-state index in [1.54, 1.807) is 42.5 Å². The summed E-state index contributed by atoms with van der Waals surface area (Å²) in [4.78, 5) is 12.6. The zero-order chi connectivity index (χ0) is 21.7. The molecule has 0 saturated carbocycles. The summed E-state index contributed by atoms with van der Waals surface area (Å²) in [5, 5.41) is 2.73. The number of carbonyl (C=O) groups is 1. The van der Waals surface area contributed by atoms with Crippen LogP contribution in [0.1, 0.15) is 11.1 Å². The van der Waals surface area contributed by atoms with Crippen LogP contribution < -0.4 is 5.32 Å². The topological polar surface area (TPSA) is 66.5 Å². The predicted octanol–water partition coefficient (Wildman–Crippen LogP) is 4.62. The summed E-state index contributed by atoms with van der Waals surface area (Å²) in [5.74, 6) is -1.19. The van der Waals surface area contributed by atoms with Gasteiger partial charge in [0.2, 0.25) is 15.9 Å². The van der Waals surface area contributed by atoms with Crippen molar-refractivity contribution in [2.45, 2.75) is 18.4 Å². The molecule has 0 radical (unpaired) electrons. The number of hydrogen-bond donors (Lipinski definition) is 1. The molecule has 30 heavy (non-hydrogen) atoms. The predicted molar refractivity (Wildman–Crippen MR) is 115 cm³/mol. The van der Waals surface area contributed by atoms with Crippen LogP contribution in [0.15, 0.2) is 77.7 Å². The Labute approximate surface area is 180 Å². The molecule has 0 aromatic heterocycles. The number of carbonyl (C=O) groups excluding carboxylic acids is 1. The zero-order valence-electron chi connectivity index (χ0n) is 16.2. The summed E-state index contributed by atoms with van der Waals surface area (Å²) >= 11 is 6.09. The summed E-state index contributed by atoms with van der Waals surface area (Å²) in [5.41, 5.74) is 1.42. The van der Waals surface area contributed by atoms with Crippen molar-refractivity contribution in [3.8, 4) is 0 Å². The van der Waals surface area contributed by atoms with E-state index in [-0.39, 0.29) is 22.0 Å². The second-order valence-corrected chi connectivity index (χ2v) is 9.05. The first-order valence-electron chi connectivity index (χ1n) is 9.12. The van der Waals surface area contributed by atoms with Crippen molar-refractivity contribution >= 4 is 33.2 Å². The Hall–Kier alpha value is -2.74. The van der Waals surface area contributed by atoms with Gasteiger partial charge in [0.25, 0.3) is 0 Å². The van der Waals surface area contributed by atoms with Crippen LogP contribution >= 0.6 is 11.6 Å². The molecule has 0 atom stereocenters. The molecule has 5 nitrogen and oxygen atoms in total. The summed E-state index contributed by atoms with van der Waals surface area (Å²) in [6, 6.07) is 19.0. The lowest BCUT2D eigenvalue weighted by Crippen LogP contribution is -2.37. The number of nitrogens with zero attached hydrogens (tertiary/aromatic N) is 1. The fraction of sp³-hybridized carbons (Fsp3) is 0.136. The second-order valence-electron chi connectivity index (χ2n) is 6.70. The molecule has 0 aliphatic heterocycles. The van der Waals surface area contributed by atoms with E-state index in [0.717, 1.165) is 9.87 Å². The monoisotopic (exact) mass is 446 g/mol. The zero-order valence-corrected chi connectivity index (χ0v) is 17.8. The highest BCUT2D eigenvalue weighted by Gasteiger charge is 2.28. The number of benzene rings is 3. The maximum atomic E-state index is 14.3. The van der Waals surface area contributed by atoms with Gasteiger partial charge in [-0.1, -0.05) is 53.6 Å². The molecule has 0 aliphatic carbocycles. The van der Waals surface area contributed by atoms with E-state index in [2.05, 4.69) is 5.32 Å². The first-order valence-corrected chi connectivity index (χ1v) is 10.9. The summed E-state index contributed by atoms with van der Waals surface area (Å²) in [7, 11) is -4.09. The molecule has 0 saturated heterocycles. The molecule has 0 fully saturated rings. The molecule has 1 amide bonds. The van der Waals surface area contributed by atoms with Crippen molar-refractivity contribution in [1.29, 1.82) is 0 Å². The van der Waals surface area contributed by atoms with E-state index < -0.39 is 28.3 Å². The Bertz CT molecular complexity index is 1120. The molecule has 8 heteroatoms. The number of amides is 1. The Morgan fingerprint density at radius 2 is 1.67 bits per heavy atom. The minimum Gasteiger partial charge on any atom is -0.325 e. The average molecular weight is 447 g/mol. The van der Waals surface area contributed by atoms with Gasteiger partial charge in [-0.05, 0) is 43.3 Å². The van der Waals surface area contributed by atoms with E-state index in [1.165, 1.54) is 30.3 Å². The van der Waals surface area contributed by atoms with Gasteiger partial charge in [0.1, 0.15) is 5.82 Å². The standard InChI is InChI=1S/C22H20ClFN2O3S/c1-16-10-12-18(13-11-16)30(28,29)26(14-19-20(23)8-5-9-21(19)24)15-22(27)25-17-6-3-2-4-7-17/h2-13H,14-15H2,1H3,(H,25,27). The van der Waals surface area contributed by atoms with Crippen LogP contribution in [0.5, 0.6) is 0 Å². The van der Waals surface area contributed by atoms with E-state index in [1.807, 2.05) is 6.92 Å². The number of sulfonamides is 1. The molecule has 0 aliphatic rings. The van der Waals surface area contributed by atoms with Crippen molar-refractivity contribution in [3.63, 3.8) is 0 Å². The molecule has 1 N–H and O–H groups in total. The van der Waals surface area contributed by atoms with Crippen LogP contribution in [0.3, 0.4) is 0 Å². The lowest BCUT2D eigenvalue weighted by atomic mass is 10.2. The van der Waals surface area contributed by atoms with Crippen LogP contribution in [0.25, 0.3) is 0 Å². The van der Waals surface area contributed by atoms with Crippen LogP contribution in [-0.4, -0.2) is 25.2 Å². The van der Waals surface area contributed by atoms with Crippen LogP contribution in [0, 0.1) is 12.7 Å². The van der Waals surface area contributed by atoms with Gasteiger partial charge in [0, 0.05) is 22.8 Å². The number of nitrogens with one attached hydrogen (secondary N) is 1. The van der Waals surface area contributed by atoms with Gasteiger partial charge in [-0.25, -0.2) is 12.8 Å². The van der Waals surface area contributed by atoms with E-state index >= 15 is 0 Å². The van der Waals surface area contributed by atoms with Gasteiger partial charge < -0.3 is 5.32 Å². The largest absolute Gasteiger partial charge is 0.325 e. The number of aryl methyl sites for hydroxylation is 1. The van der Waals surface area contributed by atoms with E-state index in [4.69, 9.17) is 11.6 Å². The van der Waals surface area contributed by atoms with Crippen molar-refractivity contribution in [3.05, 3.63) is 94.8 Å². The Kier molecular flexibility index (Phi) is 6.87. The van der Waals surface area contributed by atoms with E-state index in [9.17, 15) is 17.6 Å². The highest BCUT2D eigenvalue weighted by molar-refractivity contribution is 7.89. The molecule has 3 aromatic carbocycles. The first kappa shape index (κ1) is 22.0. The van der Waals surface area contributed by atoms with Crippen LogP contribution in [0.4, 0.5) is 10.1 Å². The Morgan fingerprint density at radius 1 is 1.00 bits per heavy atom. The number of para-hydroxylation sites is 1. The third-order valence-electron chi connectivity index (χ3n) is 4.43. The quantitative estimate of drug-likeness (QED) is 0.576. The average Bonchev–Trinajstić information content (AvgIpc) is 2.71. The minimum atomic E-state index is -4.09. The normalized spacial score (nSPS) is 11.5. The number of anilines is 1. The molecule has 0 unspecified atom stereocenters. The molecular formula is C22H20ClFN2O3S. The fourth-order valence-electron chi connectivity index (χ4n) is 2.83. The molecule has 0 heterocycles. The van der Waals surface area contributed by atoms with Crippen molar-refractivity contribution in [2.24, 2.45) is 0 Å². The van der Waals surface area contributed by atoms with Gasteiger partial charge in [0.05, 0.1) is 11.4 Å². The molecule has 0 bridgehead atoms. The molecule has 0 spiro atoms. The Balaban J connectivity index is 1.93. The third-order valence-corrected chi connectivity index (χ3v) is 6.59. The molecule has 156 valence electrons. The minimum absolute atomic E-state index is 0.00219. The molecule has 3 aromatic rings. The van der Waals surface area contributed by atoms with Gasteiger partial charge in [-0.2, -0.15) is 4.31 Å². The fourth-order valence-corrected chi connectivity index (χ4v) is 4.41. The van der Waals surface area contributed by atoms with Crippen molar-refractivity contribution < 1.29 is 17.6 Å². The summed E-state index contributed by atoms with van der Waals surface area (Å²) in [6.45, 7) is 0.945. The van der Waals surface area contributed by atoms with E-state index in [0.29, 0.717) is 5.69 Å². The smallest absolute Gasteiger partial charge is 0.243 e. The number of halogens is 2. The highest BCUT2D eigenvalue weighted by atomic mass is 35.5. The van der Waals surface area contributed by atoms with Gasteiger partial charge >= 0.3 is 0 Å². The molecular weight excluding hydrogens is 427 g/mol.